The molecule has 0 radical (unpaired) electrons. The molecule has 25 heavy (non-hydrogen) atoms. The normalized spacial score (nSPS) is 11.2. The van der Waals surface area contributed by atoms with Gasteiger partial charge in [-0.05, 0) is 48.6 Å². The number of nitrogens with zero attached hydrogens (tertiary/aromatic N) is 1. The summed E-state index contributed by atoms with van der Waals surface area (Å²) in [5, 5.41) is 3.15. The van der Waals surface area contributed by atoms with E-state index in [0.717, 1.165) is 36.4 Å². The molecule has 0 aliphatic heterocycles. The van der Waals surface area contributed by atoms with Crippen molar-refractivity contribution < 1.29 is 9.47 Å². The smallest absolute Gasteiger partial charge is 0.188 e. The fourth-order valence-electron chi connectivity index (χ4n) is 2.61. The maximum atomic E-state index is 5.94. The van der Waals surface area contributed by atoms with E-state index in [2.05, 4.69) is 35.4 Å². The van der Waals surface area contributed by atoms with Crippen molar-refractivity contribution in [3.8, 4) is 11.5 Å². The number of aliphatic imine (C=N–C) groups is 1. The van der Waals surface area contributed by atoms with Crippen LogP contribution in [0.1, 0.15) is 16.7 Å². The number of ether oxygens (including phenoxy) is 2. The summed E-state index contributed by atoms with van der Waals surface area (Å²) in [5.41, 5.74) is 9.69. The zero-order valence-electron chi connectivity index (χ0n) is 15.2. The van der Waals surface area contributed by atoms with Gasteiger partial charge in [-0.2, -0.15) is 0 Å². The summed E-state index contributed by atoms with van der Waals surface area (Å²) in [4.78, 5) is 4.39. The van der Waals surface area contributed by atoms with Crippen molar-refractivity contribution in [2.45, 2.75) is 19.8 Å². The van der Waals surface area contributed by atoms with Gasteiger partial charge in [-0.3, -0.25) is 4.99 Å². The van der Waals surface area contributed by atoms with E-state index >= 15 is 0 Å². The molecule has 0 aromatic heterocycles. The molecule has 3 N–H and O–H groups in total. The Balaban J connectivity index is 1.78. The number of nitrogens with one attached hydrogen (secondary N) is 1. The maximum absolute atomic E-state index is 5.94. The monoisotopic (exact) mass is 341 g/mol. The standard InChI is InChI=1S/C20H27N3O2/c1-15-6-4-5-7-17(15)11-13-23-20(21)22-12-10-16-8-9-18(24-2)19(14-16)25-3/h4-9,14H,10-13H2,1-3H3,(H3,21,22,23). The molecule has 0 spiro atoms. The molecule has 0 bridgehead atoms. The molecule has 0 heterocycles. The summed E-state index contributed by atoms with van der Waals surface area (Å²) >= 11 is 0. The van der Waals surface area contributed by atoms with E-state index in [1.165, 1.54) is 11.1 Å². The number of aryl methyl sites for hydroxylation is 1. The first-order valence-electron chi connectivity index (χ1n) is 8.43. The highest BCUT2D eigenvalue weighted by molar-refractivity contribution is 5.77. The quantitative estimate of drug-likeness (QED) is 0.572. The van der Waals surface area contributed by atoms with E-state index in [4.69, 9.17) is 15.2 Å². The lowest BCUT2D eigenvalue weighted by Crippen LogP contribution is -2.33. The van der Waals surface area contributed by atoms with Crippen molar-refractivity contribution in [2.75, 3.05) is 27.3 Å². The molecule has 0 unspecified atom stereocenters. The third-order valence-electron chi connectivity index (χ3n) is 4.09. The second-order valence-electron chi connectivity index (χ2n) is 5.81. The highest BCUT2D eigenvalue weighted by Gasteiger charge is 2.04. The van der Waals surface area contributed by atoms with Gasteiger partial charge in [0.2, 0.25) is 0 Å². The van der Waals surface area contributed by atoms with Gasteiger partial charge in [0.05, 0.1) is 14.2 Å². The molecule has 0 aliphatic rings. The predicted molar refractivity (Wildman–Crippen MR) is 103 cm³/mol. The van der Waals surface area contributed by atoms with E-state index in [0.29, 0.717) is 12.5 Å². The maximum Gasteiger partial charge on any atom is 0.188 e. The van der Waals surface area contributed by atoms with Gasteiger partial charge in [-0.25, -0.2) is 0 Å². The number of guanidine groups is 1. The minimum Gasteiger partial charge on any atom is -0.493 e. The molecule has 0 amide bonds. The lowest BCUT2D eigenvalue weighted by atomic mass is 10.1. The average molecular weight is 341 g/mol. The van der Waals surface area contributed by atoms with Crippen LogP contribution >= 0.6 is 0 Å². The van der Waals surface area contributed by atoms with Crippen LogP contribution in [0.5, 0.6) is 11.5 Å². The number of hydrogen-bond donors (Lipinski definition) is 2. The molecule has 5 heteroatoms. The van der Waals surface area contributed by atoms with Crippen LogP contribution in [-0.4, -0.2) is 33.3 Å². The Morgan fingerprint density at radius 2 is 1.80 bits per heavy atom. The van der Waals surface area contributed by atoms with Gasteiger partial charge in [0.1, 0.15) is 0 Å². The van der Waals surface area contributed by atoms with Crippen molar-refractivity contribution in [1.29, 1.82) is 0 Å². The molecule has 2 rings (SSSR count). The summed E-state index contributed by atoms with van der Waals surface area (Å²) in [5.74, 6) is 1.95. The fraction of sp³-hybridized carbons (Fsp3) is 0.350. The Labute approximate surface area is 149 Å². The van der Waals surface area contributed by atoms with Crippen LogP contribution in [0.15, 0.2) is 47.5 Å². The van der Waals surface area contributed by atoms with E-state index in [-0.39, 0.29) is 0 Å². The first-order valence-corrected chi connectivity index (χ1v) is 8.43. The van der Waals surface area contributed by atoms with Crippen LogP contribution < -0.4 is 20.5 Å². The molecular formula is C20H27N3O2. The van der Waals surface area contributed by atoms with Gasteiger partial charge in [-0.15, -0.1) is 0 Å². The molecular weight excluding hydrogens is 314 g/mol. The highest BCUT2D eigenvalue weighted by atomic mass is 16.5. The van der Waals surface area contributed by atoms with Crippen LogP contribution in [0.4, 0.5) is 0 Å². The second-order valence-corrected chi connectivity index (χ2v) is 5.81. The van der Waals surface area contributed by atoms with E-state index in [9.17, 15) is 0 Å². The zero-order chi connectivity index (χ0) is 18.1. The summed E-state index contributed by atoms with van der Waals surface area (Å²) in [6, 6.07) is 14.3. The predicted octanol–water partition coefficient (Wildman–Crippen LogP) is 2.70. The van der Waals surface area contributed by atoms with Crippen LogP contribution in [0.2, 0.25) is 0 Å². The topological polar surface area (TPSA) is 68.9 Å². The van der Waals surface area contributed by atoms with Gasteiger partial charge in [0.15, 0.2) is 17.5 Å². The SMILES string of the molecule is COc1ccc(CCNC(N)=NCCc2ccccc2C)cc1OC. The molecule has 5 nitrogen and oxygen atoms in total. The molecule has 0 fully saturated rings. The Kier molecular flexibility index (Phi) is 7.14. The minimum atomic E-state index is 0.481. The molecule has 2 aromatic carbocycles. The third kappa shape index (κ3) is 5.71. The lowest BCUT2D eigenvalue weighted by Gasteiger charge is -2.10. The van der Waals surface area contributed by atoms with Crippen LogP contribution in [-0.2, 0) is 12.8 Å². The molecule has 134 valence electrons. The van der Waals surface area contributed by atoms with Gasteiger partial charge in [-0.1, -0.05) is 30.3 Å². The Morgan fingerprint density at radius 3 is 2.52 bits per heavy atom. The van der Waals surface area contributed by atoms with E-state index in [1.54, 1.807) is 14.2 Å². The lowest BCUT2D eigenvalue weighted by molar-refractivity contribution is 0.354. The van der Waals surface area contributed by atoms with E-state index < -0.39 is 0 Å². The number of methoxy groups -OCH3 is 2. The molecule has 0 atom stereocenters. The van der Waals surface area contributed by atoms with Crippen LogP contribution in [0, 0.1) is 6.92 Å². The summed E-state index contributed by atoms with van der Waals surface area (Å²) in [6.07, 6.45) is 1.72. The molecule has 2 aromatic rings. The van der Waals surface area contributed by atoms with Gasteiger partial charge in [0, 0.05) is 13.1 Å². The van der Waals surface area contributed by atoms with Gasteiger partial charge >= 0.3 is 0 Å². The zero-order valence-corrected chi connectivity index (χ0v) is 15.2. The third-order valence-corrected chi connectivity index (χ3v) is 4.09. The summed E-state index contributed by atoms with van der Waals surface area (Å²) in [6.45, 7) is 3.51. The number of benzene rings is 2. The van der Waals surface area contributed by atoms with Crippen LogP contribution in [0.25, 0.3) is 0 Å². The highest BCUT2D eigenvalue weighted by Crippen LogP contribution is 2.27. The van der Waals surface area contributed by atoms with Crippen molar-refractivity contribution in [3.05, 3.63) is 59.2 Å². The van der Waals surface area contributed by atoms with Crippen molar-refractivity contribution in [1.82, 2.24) is 5.32 Å². The summed E-state index contributed by atoms with van der Waals surface area (Å²) in [7, 11) is 3.27. The average Bonchev–Trinajstić information content (AvgIpc) is 2.63. The molecule has 0 saturated carbocycles. The Hall–Kier alpha value is -2.69. The number of nitrogens with two attached hydrogens (primary N) is 1. The second kappa shape index (κ2) is 9.57. The van der Waals surface area contributed by atoms with Crippen molar-refractivity contribution in [3.63, 3.8) is 0 Å². The van der Waals surface area contributed by atoms with E-state index in [1.807, 2.05) is 24.3 Å². The molecule has 0 aliphatic carbocycles. The first-order chi connectivity index (χ1) is 12.1. The molecule has 0 saturated heterocycles. The largest absolute Gasteiger partial charge is 0.493 e. The fourth-order valence-corrected chi connectivity index (χ4v) is 2.61. The first kappa shape index (κ1) is 18.6. The van der Waals surface area contributed by atoms with Crippen molar-refractivity contribution in [2.24, 2.45) is 10.7 Å². The van der Waals surface area contributed by atoms with Crippen molar-refractivity contribution >= 4 is 5.96 Å². The minimum absolute atomic E-state index is 0.481. The Bertz CT molecular complexity index is 714. The Morgan fingerprint density at radius 1 is 1.04 bits per heavy atom. The van der Waals surface area contributed by atoms with Crippen LogP contribution in [0.3, 0.4) is 0 Å². The van der Waals surface area contributed by atoms with Gasteiger partial charge < -0.3 is 20.5 Å². The number of hydrogen-bond acceptors (Lipinski definition) is 3. The van der Waals surface area contributed by atoms with Gasteiger partial charge in [0.25, 0.3) is 0 Å². The number of rotatable bonds is 8. The summed E-state index contributed by atoms with van der Waals surface area (Å²) < 4.78 is 10.6.